The van der Waals surface area contributed by atoms with E-state index in [1.165, 1.54) is 13.1 Å². The van der Waals surface area contributed by atoms with Gasteiger partial charge in [0, 0.05) is 6.54 Å². The molecule has 0 aromatic carbocycles. The normalized spacial score (nSPS) is 10.4. The van der Waals surface area contributed by atoms with Crippen LogP contribution in [0.1, 0.15) is 19.0 Å². The fourth-order valence-electron chi connectivity index (χ4n) is 1.75. The molecular formula is C11H15N7O3. The third-order valence-electron chi connectivity index (χ3n) is 2.61. The number of hydrazine groups is 1. The van der Waals surface area contributed by atoms with Crippen LogP contribution >= 0.6 is 0 Å². The lowest BCUT2D eigenvalue weighted by Crippen LogP contribution is -2.12. The summed E-state index contributed by atoms with van der Waals surface area (Å²) >= 11 is 0. The molecule has 112 valence electrons. The number of hydrogen-bond acceptors (Lipinski definition) is 8. The van der Waals surface area contributed by atoms with E-state index in [2.05, 4.69) is 20.5 Å². The topological polar surface area (TPSA) is 134 Å². The highest BCUT2D eigenvalue weighted by Gasteiger charge is 2.24. The molecule has 0 saturated carbocycles. The van der Waals surface area contributed by atoms with Crippen molar-refractivity contribution in [2.24, 2.45) is 5.84 Å². The van der Waals surface area contributed by atoms with Crippen LogP contribution in [0, 0.1) is 17.0 Å². The molecule has 0 spiro atoms. The number of nitrogens with one attached hydrogen (secondary N) is 1. The molecule has 0 aliphatic heterocycles. The van der Waals surface area contributed by atoms with E-state index in [1.54, 1.807) is 10.9 Å². The van der Waals surface area contributed by atoms with Gasteiger partial charge in [-0.25, -0.2) is 10.8 Å². The fraction of sp³-hybridized carbons (Fsp3) is 0.364. The number of hydrogen-bond donors (Lipinski definition) is 2. The average Bonchev–Trinajstić information content (AvgIpc) is 2.85. The Balaban J connectivity index is 2.36. The number of anilines is 1. The molecule has 0 unspecified atom stereocenters. The van der Waals surface area contributed by atoms with Crippen molar-refractivity contribution in [3.05, 3.63) is 28.2 Å². The average molecular weight is 293 g/mol. The number of ether oxygens (including phenoxy) is 1. The van der Waals surface area contributed by atoms with Crippen molar-refractivity contribution >= 4 is 11.6 Å². The minimum Gasteiger partial charge on any atom is -0.430 e. The predicted octanol–water partition coefficient (Wildman–Crippen LogP) is 1.38. The molecule has 0 saturated heterocycles. The molecule has 21 heavy (non-hydrogen) atoms. The first-order valence-electron chi connectivity index (χ1n) is 6.25. The summed E-state index contributed by atoms with van der Waals surface area (Å²) in [6.07, 6.45) is 4.02. The Kier molecular flexibility index (Phi) is 4.28. The van der Waals surface area contributed by atoms with E-state index in [0.29, 0.717) is 5.75 Å². The molecule has 10 nitrogen and oxygen atoms in total. The summed E-state index contributed by atoms with van der Waals surface area (Å²) in [4.78, 5) is 18.3. The van der Waals surface area contributed by atoms with E-state index >= 15 is 0 Å². The molecule has 0 bridgehead atoms. The van der Waals surface area contributed by atoms with Crippen molar-refractivity contribution in [1.29, 1.82) is 0 Å². The summed E-state index contributed by atoms with van der Waals surface area (Å²) in [5.74, 6) is 5.44. The zero-order valence-electron chi connectivity index (χ0n) is 11.6. The van der Waals surface area contributed by atoms with E-state index in [4.69, 9.17) is 10.6 Å². The first kappa shape index (κ1) is 14.7. The van der Waals surface area contributed by atoms with Crippen molar-refractivity contribution in [3.63, 3.8) is 0 Å². The van der Waals surface area contributed by atoms with Crippen molar-refractivity contribution < 1.29 is 9.66 Å². The molecule has 2 aromatic rings. The number of nitro groups is 1. The van der Waals surface area contributed by atoms with Gasteiger partial charge in [-0.1, -0.05) is 6.92 Å². The molecule has 2 aromatic heterocycles. The molecule has 0 fully saturated rings. The van der Waals surface area contributed by atoms with Crippen LogP contribution in [0.4, 0.5) is 11.6 Å². The van der Waals surface area contributed by atoms with Crippen LogP contribution in [0.5, 0.6) is 11.6 Å². The van der Waals surface area contributed by atoms with Gasteiger partial charge in [0.2, 0.25) is 5.95 Å². The van der Waals surface area contributed by atoms with Gasteiger partial charge in [-0.05, 0) is 13.3 Å². The zero-order valence-corrected chi connectivity index (χ0v) is 11.6. The maximum atomic E-state index is 11.1. The molecule has 0 radical (unpaired) electrons. The number of nitrogen functional groups attached to an aromatic ring is 1. The minimum absolute atomic E-state index is 0.0362. The van der Waals surface area contributed by atoms with Crippen LogP contribution in [0.25, 0.3) is 0 Å². The first-order valence-corrected chi connectivity index (χ1v) is 6.25. The Hall–Kier alpha value is -2.75. The van der Waals surface area contributed by atoms with Crippen LogP contribution in [0.3, 0.4) is 0 Å². The second-order valence-electron chi connectivity index (χ2n) is 4.23. The van der Waals surface area contributed by atoms with Gasteiger partial charge < -0.3 is 4.74 Å². The zero-order chi connectivity index (χ0) is 15.4. The molecule has 3 N–H and O–H groups in total. The minimum atomic E-state index is -0.596. The van der Waals surface area contributed by atoms with E-state index in [0.717, 1.165) is 13.0 Å². The van der Waals surface area contributed by atoms with Gasteiger partial charge in [-0.15, -0.1) is 0 Å². The molecule has 0 aliphatic carbocycles. The highest BCUT2D eigenvalue weighted by atomic mass is 16.6. The van der Waals surface area contributed by atoms with Gasteiger partial charge in [0.05, 0.1) is 17.3 Å². The van der Waals surface area contributed by atoms with Gasteiger partial charge in [0.25, 0.3) is 0 Å². The number of rotatable bonds is 6. The SMILES string of the molecule is CCCn1cc(Oc2nc(NN)nc(C)c2[N+](=O)[O-])cn1. The molecule has 10 heteroatoms. The molecule has 2 rings (SSSR count). The van der Waals surface area contributed by atoms with Gasteiger partial charge in [0.15, 0.2) is 5.75 Å². The van der Waals surface area contributed by atoms with E-state index in [1.807, 2.05) is 6.92 Å². The molecular weight excluding hydrogens is 278 g/mol. The standard InChI is InChI=1S/C11H15N7O3/c1-3-4-17-6-8(5-13-17)21-10-9(18(19)20)7(2)14-11(15-10)16-12/h5-6H,3-4,12H2,1-2H3,(H,14,15,16). The quantitative estimate of drug-likeness (QED) is 0.463. The van der Waals surface area contributed by atoms with Gasteiger partial charge in [0.1, 0.15) is 5.69 Å². The van der Waals surface area contributed by atoms with Crippen LogP contribution in [-0.2, 0) is 6.54 Å². The number of aryl methyl sites for hydroxylation is 2. The van der Waals surface area contributed by atoms with Crippen LogP contribution in [0.15, 0.2) is 12.4 Å². The maximum Gasteiger partial charge on any atom is 0.352 e. The first-order chi connectivity index (χ1) is 10.0. The van der Waals surface area contributed by atoms with Gasteiger partial charge in [-0.3, -0.25) is 20.2 Å². The Morgan fingerprint density at radius 3 is 2.90 bits per heavy atom. The molecule has 0 atom stereocenters. The highest BCUT2D eigenvalue weighted by Crippen LogP contribution is 2.32. The highest BCUT2D eigenvalue weighted by molar-refractivity contribution is 5.49. The number of nitrogens with zero attached hydrogens (tertiary/aromatic N) is 5. The smallest absolute Gasteiger partial charge is 0.352 e. The summed E-state index contributed by atoms with van der Waals surface area (Å²) in [5, 5.41) is 15.2. The lowest BCUT2D eigenvalue weighted by molar-refractivity contribution is -0.386. The van der Waals surface area contributed by atoms with E-state index in [9.17, 15) is 10.1 Å². The van der Waals surface area contributed by atoms with Crippen molar-refractivity contribution in [3.8, 4) is 11.6 Å². The number of aromatic nitrogens is 4. The van der Waals surface area contributed by atoms with Crippen LogP contribution < -0.4 is 16.0 Å². The Morgan fingerprint density at radius 1 is 1.52 bits per heavy atom. The van der Waals surface area contributed by atoms with Crippen LogP contribution in [0.2, 0.25) is 0 Å². The summed E-state index contributed by atoms with van der Waals surface area (Å²) in [5.41, 5.74) is 2.08. The van der Waals surface area contributed by atoms with Gasteiger partial charge in [-0.2, -0.15) is 10.1 Å². The van der Waals surface area contributed by atoms with E-state index < -0.39 is 4.92 Å². The maximum absolute atomic E-state index is 11.1. The lowest BCUT2D eigenvalue weighted by atomic mass is 10.3. The van der Waals surface area contributed by atoms with Crippen molar-refractivity contribution in [2.75, 3.05) is 5.43 Å². The largest absolute Gasteiger partial charge is 0.430 e. The third kappa shape index (κ3) is 3.23. The summed E-state index contributed by atoms with van der Waals surface area (Å²) < 4.78 is 7.13. The van der Waals surface area contributed by atoms with Crippen molar-refractivity contribution in [2.45, 2.75) is 26.8 Å². The summed E-state index contributed by atoms with van der Waals surface area (Å²) in [7, 11) is 0. The Morgan fingerprint density at radius 2 is 2.29 bits per heavy atom. The van der Waals surface area contributed by atoms with Crippen molar-refractivity contribution in [1.82, 2.24) is 19.7 Å². The fourth-order valence-corrected chi connectivity index (χ4v) is 1.75. The predicted molar refractivity (Wildman–Crippen MR) is 73.8 cm³/mol. The molecule has 0 amide bonds. The Labute approximate surface area is 120 Å². The summed E-state index contributed by atoms with van der Waals surface area (Å²) in [6.45, 7) is 4.22. The Bertz CT molecular complexity index is 655. The number of nitrogens with two attached hydrogens (primary N) is 1. The van der Waals surface area contributed by atoms with E-state index in [-0.39, 0.29) is 23.2 Å². The van der Waals surface area contributed by atoms with Crippen LogP contribution in [-0.4, -0.2) is 24.7 Å². The monoisotopic (exact) mass is 293 g/mol. The second kappa shape index (κ2) is 6.13. The summed E-state index contributed by atoms with van der Waals surface area (Å²) in [6, 6.07) is 0. The van der Waals surface area contributed by atoms with Gasteiger partial charge >= 0.3 is 11.6 Å². The third-order valence-corrected chi connectivity index (χ3v) is 2.61. The second-order valence-corrected chi connectivity index (χ2v) is 4.23. The molecule has 2 heterocycles. The lowest BCUT2D eigenvalue weighted by Gasteiger charge is -2.06. The molecule has 0 aliphatic rings.